The minimum atomic E-state index is -0.00410. The maximum absolute atomic E-state index is 11.6. The standard InChI is InChI=1S/C25H50O2/c1-23(2)19-17-15-13-11-9-7-5-6-8-10-12-14-16-18-20-25(26)27-22-21-24(3)4/h23-24H,5-22H2,1-4H3. The van der Waals surface area contributed by atoms with E-state index in [1.165, 1.54) is 89.9 Å². The quantitative estimate of drug-likeness (QED) is 0.156. The second-order valence-electron chi connectivity index (χ2n) is 9.29. The Bertz CT molecular complexity index is 309. The summed E-state index contributed by atoms with van der Waals surface area (Å²) in [6.07, 6.45) is 22.0. The molecule has 0 heterocycles. The summed E-state index contributed by atoms with van der Waals surface area (Å²) in [5, 5.41) is 0. The van der Waals surface area contributed by atoms with Gasteiger partial charge in [-0.1, -0.05) is 118 Å². The third kappa shape index (κ3) is 23.4. The average molecular weight is 383 g/mol. The molecule has 0 aliphatic carbocycles. The van der Waals surface area contributed by atoms with Gasteiger partial charge in [-0.3, -0.25) is 4.79 Å². The summed E-state index contributed by atoms with van der Waals surface area (Å²) in [7, 11) is 0. The van der Waals surface area contributed by atoms with Gasteiger partial charge >= 0.3 is 5.97 Å². The van der Waals surface area contributed by atoms with E-state index in [9.17, 15) is 4.79 Å². The molecule has 0 atom stereocenters. The highest BCUT2D eigenvalue weighted by atomic mass is 16.5. The molecule has 0 rings (SSSR count). The van der Waals surface area contributed by atoms with E-state index in [1.807, 2.05) is 0 Å². The lowest BCUT2D eigenvalue weighted by Gasteiger charge is -2.06. The monoisotopic (exact) mass is 382 g/mol. The molecule has 162 valence electrons. The van der Waals surface area contributed by atoms with Crippen LogP contribution in [0.4, 0.5) is 0 Å². The summed E-state index contributed by atoms with van der Waals surface area (Å²) in [5.74, 6) is 1.48. The van der Waals surface area contributed by atoms with Gasteiger partial charge < -0.3 is 4.74 Å². The topological polar surface area (TPSA) is 26.3 Å². The van der Waals surface area contributed by atoms with Gasteiger partial charge in [0.15, 0.2) is 0 Å². The van der Waals surface area contributed by atoms with Crippen LogP contribution in [0.5, 0.6) is 0 Å². The largest absolute Gasteiger partial charge is 0.466 e. The average Bonchev–Trinajstić information content (AvgIpc) is 2.60. The normalized spacial score (nSPS) is 11.5. The zero-order chi connectivity index (χ0) is 20.2. The highest BCUT2D eigenvalue weighted by molar-refractivity contribution is 5.69. The Morgan fingerprint density at radius 1 is 0.556 bits per heavy atom. The van der Waals surface area contributed by atoms with Gasteiger partial charge in [0, 0.05) is 6.42 Å². The molecule has 0 bridgehead atoms. The fourth-order valence-corrected chi connectivity index (χ4v) is 3.42. The Labute approximate surface area is 171 Å². The third-order valence-electron chi connectivity index (χ3n) is 5.37. The Kier molecular flexibility index (Phi) is 19.8. The smallest absolute Gasteiger partial charge is 0.305 e. The first-order valence-electron chi connectivity index (χ1n) is 12.2. The van der Waals surface area contributed by atoms with Crippen molar-refractivity contribution in [2.75, 3.05) is 6.61 Å². The molecule has 0 aliphatic rings. The van der Waals surface area contributed by atoms with Gasteiger partial charge in [0.2, 0.25) is 0 Å². The molecule has 0 fully saturated rings. The Balaban J connectivity index is 3.11. The number of hydrogen-bond donors (Lipinski definition) is 0. The van der Waals surface area contributed by atoms with Crippen LogP contribution < -0.4 is 0 Å². The van der Waals surface area contributed by atoms with Crippen molar-refractivity contribution in [1.82, 2.24) is 0 Å². The summed E-state index contributed by atoms with van der Waals surface area (Å²) < 4.78 is 5.24. The predicted molar refractivity (Wildman–Crippen MR) is 119 cm³/mol. The summed E-state index contributed by atoms with van der Waals surface area (Å²) in [6.45, 7) is 9.56. The number of ether oxygens (including phenoxy) is 1. The highest BCUT2D eigenvalue weighted by Crippen LogP contribution is 2.15. The maximum Gasteiger partial charge on any atom is 0.305 e. The minimum Gasteiger partial charge on any atom is -0.466 e. The molecule has 0 saturated heterocycles. The van der Waals surface area contributed by atoms with E-state index in [0.29, 0.717) is 18.9 Å². The molecule has 2 nitrogen and oxygen atoms in total. The van der Waals surface area contributed by atoms with Gasteiger partial charge in [0.05, 0.1) is 6.61 Å². The van der Waals surface area contributed by atoms with Crippen LogP contribution in [0.1, 0.15) is 137 Å². The van der Waals surface area contributed by atoms with Crippen molar-refractivity contribution in [2.45, 2.75) is 137 Å². The molecule has 0 aromatic heterocycles. The van der Waals surface area contributed by atoms with Crippen LogP contribution in [0.25, 0.3) is 0 Å². The molecule has 0 aromatic rings. The van der Waals surface area contributed by atoms with E-state index in [0.717, 1.165) is 18.8 Å². The number of hydrogen-bond acceptors (Lipinski definition) is 2. The van der Waals surface area contributed by atoms with Crippen molar-refractivity contribution in [2.24, 2.45) is 11.8 Å². The molecule has 0 spiro atoms. The molecule has 0 unspecified atom stereocenters. The van der Waals surface area contributed by atoms with E-state index >= 15 is 0 Å². The Morgan fingerprint density at radius 2 is 0.926 bits per heavy atom. The number of unbranched alkanes of at least 4 members (excludes halogenated alkanes) is 13. The van der Waals surface area contributed by atoms with Crippen LogP contribution in [0, 0.1) is 11.8 Å². The molecule has 0 saturated carbocycles. The zero-order valence-corrected chi connectivity index (χ0v) is 19.2. The van der Waals surface area contributed by atoms with Crippen LogP contribution in [-0.4, -0.2) is 12.6 Å². The predicted octanol–water partition coefficient (Wildman–Crippen LogP) is 8.47. The van der Waals surface area contributed by atoms with Gasteiger partial charge in [0.1, 0.15) is 0 Å². The van der Waals surface area contributed by atoms with Gasteiger partial charge in [-0.25, -0.2) is 0 Å². The van der Waals surface area contributed by atoms with Crippen molar-refractivity contribution < 1.29 is 9.53 Å². The van der Waals surface area contributed by atoms with Crippen LogP contribution in [-0.2, 0) is 9.53 Å². The fraction of sp³-hybridized carbons (Fsp3) is 0.960. The van der Waals surface area contributed by atoms with Crippen LogP contribution in [0.2, 0.25) is 0 Å². The van der Waals surface area contributed by atoms with Crippen LogP contribution in [0.15, 0.2) is 0 Å². The van der Waals surface area contributed by atoms with Gasteiger partial charge in [-0.2, -0.15) is 0 Å². The second-order valence-corrected chi connectivity index (χ2v) is 9.29. The SMILES string of the molecule is CC(C)CCCCCCCCCCCCCCCCC(=O)OCCC(C)C. The fourth-order valence-electron chi connectivity index (χ4n) is 3.42. The van der Waals surface area contributed by atoms with E-state index < -0.39 is 0 Å². The van der Waals surface area contributed by atoms with Crippen molar-refractivity contribution in [3.05, 3.63) is 0 Å². The van der Waals surface area contributed by atoms with Crippen molar-refractivity contribution >= 4 is 5.97 Å². The first-order chi connectivity index (χ1) is 13.0. The van der Waals surface area contributed by atoms with E-state index in [1.54, 1.807) is 0 Å². The van der Waals surface area contributed by atoms with Crippen molar-refractivity contribution in [1.29, 1.82) is 0 Å². The molecular weight excluding hydrogens is 332 g/mol. The summed E-state index contributed by atoms with van der Waals surface area (Å²) in [4.78, 5) is 11.6. The van der Waals surface area contributed by atoms with E-state index in [-0.39, 0.29) is 5.97 Å². The maximum atomic E-state index is 11.6. The number of carbonyl (C=O) groups excluding carboxylic acids is 1. The first-order valence-corrected chi connectivity index (χ1v) is 12.2. The summed E-state index contributed by atoms with van der Waals surface area (Å²) in [5.41, 5.74) is 0. The number of rotatable bonds is 20. The molecule has 0 amide bonds. The third-order valence-corrected chi connectivity index (χ3v) is 5.37. The van der Waals surface area contributed by atoms with Crippen LogP contribution >= 0.6 is 0 Å². The Hall–Kier alpha value is -0.530. The lowest BCUT2D eigenvalue weighted by molar-refractivity contribution is -0.144. The molecular formula is C25H50O2. The van der Waals surface area contributed by atoms with Crippen molar-refractivity contribution in [3.63, 3.8) is 0 Å². The van der Waals surface area contributed by atoms with E-state index in [2.05, 4.69) is 27.7 Å². The van der Waals surface area contributed by atoms with Crippen molar-refractivity contribution in [3.8, 4) is 0 Å². The molecule has 0 aromatic carbocycles. The van der Waals surface area contributed by atoms with E-state index in [4.69, 9.17) is 4.74 Å². The first kappa shape index (κ1) is 26.5. The van der Waals surface area contributed by atoms with Gasteiger partial charge in [0.25, 0.3) is 0 Å². The van der Waals surface area contributed by atoms with Gasteiger partial charge in [-0.15, -0.1) is 0 Å². The lowest BCUT2D eigenvalue weighted by atomic mass is 10.0. The molecule has 0 aliphatic heterocycles. The molecule has 0 N–H and O–H groups in total. The number of esters is 1. The molecule has 0 radical (unpaired) electrons. The molecule has 27 heavy (non-hydrogen) atoms. The lowest BCUT2D eigenvalue weighted by Crippen LogP contribution is -2.07. The second kappa shape index (κ2) is 20.2. The van der Waals surface area contributed by atoms with Crippen LogP contribution in [0.3, 0.4) is 0 Å². The summed E-state index contributed by atoms with van der Waals surface area (Å²) in [6, 6.07) is 0. The number of carbonyl (C=O) groups is 1. The Morgan fingerprint density at radius 3 is 1.33 bits per heavy atom. The zero-order valence-electron chi connectivity index (χ0n) is 19.2. The minimum absolute atomic E-state index is 0.00410. The molecule has 2 heteroatoms. The van der Waals surface area contributed by atoms with Gasteiger partial charge in [-0.05, 0) is 24.7 Å². The summed E-state index contributed by atoms with van der Waals surface area (Å²) >= 11 is 0. The highest BCUT2D eigenvalue weighted by Gasteiger charge is 2.03.